The second kappa shape index (κ2) is 6.81. The van der Waals surface area contributed by atoms with Crippen molar-refractivity contribution in [3.05, 3.63) is 44.0 Å². The number of rotatable bonds is 5. The summed E-state index contributed by atoms with van der Waals surface area (Å²) in [5.41, 5.74) is 7.42. The summed E-state index contributed by atoms with van der Waals surface area (Å²) in [5, 5.41) is 4.23. The molecule has 0 bridgehead atoms. The predicted molar refractivity (Wildman–Crippen MR) is 87.8 cm³/mol. The number of benzene rings is 1. The first-order valence-corrected chi connectivity index (χ1v) is 8.06. The molecule has 1 atom stereocenters. The van der Waals surface area contributed by atoms with E-state index in [-0.39, 0.29) is 6.04 Å². The van der Waals surface area contributed by atoms with E-state index in [2.05, 4.69) is 67.7 Å². The zero-order valence-corrected chi connectivity index (χ0v) is 14.4. The number of halogens is 2. The first kappa shape index (κ1) is 14.9. The Labute approximate surface area is 135 Å². The summed E-state index contributed by atoms with van der Waals surface area (Å²) < 4.78 is 4.16. The molecule has 19 heavy (non-hydrogen) atoms. The maximum absolute atomic E-state index is 6.31. The van der Waals surface area contributed by atoms with Crippen LogP contribution in [0, 0.1) is 3.57 Å². The van der Waals surface area contributed by atoms with Gasteiger partial charge in [0.1, 0.15) is 12.2 Å². The Balaban J connectivity index is 2.18. The molecule has 1 unspecified atom stereocenters. The van der Waals surface area contributed by atoms with Crippen molar-refractivity contribution in [1.82, 2.24) is 14.8 Å². The zero-order valence-electron chi connectivity index (χ0n) is 10.7. The molecule has 0 amide bonds. The van der Waals surface area contributed by atoms with Crippen LogP contribution in [0.25, 0.3) is 0 Å². The molecule has 6 heteroatoms. The van der Waals surface area contributed by atoms with Crippen molar-refractivity contribution < 1.29 is 0 Å². The van der Waals surface area contributed by atoms with Crippen molar-refractivity contribution in [3.8, 4) is 0 Å². The van der Waals surface area contributed by atoms with Crippen LogP contribution < -0.4 is 5.73 Å². The number of hydrogen-bond donors (Lipinski definition) is 1. The Morgan fingerprint density at radius 3 is 3.00 bits per heavy atom. The lowest BCUT2D eigenvalue weighted by Gasteiger charge is -2.14. The van der Waals surface area contributed by atoms with Crippen LogP contribution in [-0.2, 0) is 13.0 Å². The number of aromatic nitrogens is 3. The summed E-state index contributed by atoms with van der Waals surface area (Å²) in [7, 11) is 0. The van der Waals surface area contributed by atoms with Crippen LogP contribution in [0.1, 0.15) is 30.8 Å². The van der Waals surface area contributed by atoms with Crippen LogP contribution in [0.5, 0.6) is 0 Å². The van der Waals surface area contributed by atoms with Gasteiger partial charge in [0.2, 0.25) is 0 Å². The lowest BCUT2D eigenvalue weighted by atomic mass is 10.0. The van der Waals surface area contributed by atoms with Gasteiger partial charge in [-0.05, 0) is 52.8 Å². The van der Waals surface area contributed by atoms with E-state index in [0.29, 0.717) is 6.42 Å². The summed E-state index contributed by atoms with van der Waals surface area (Å²) >= 11 is 5.85. The molecule has 2 N–H and O–H groups in total. The van der Waals surface area contributed by atoms with Gasteiger partial charge in [-0.15, -0.1) is 0 Å². The van der Waals surface area contributed by atoms with Crippen molar-refractivity contribution in [3.63, 3.8) is 0 Å². The highest BCUT2D eigenvalue weighted by Crippen LogP contribution is 2.26. The average molecular weight is 435 g/mol. The highest BCUT2D eigenvalue weighted by Gasteiger charge is 2.14. The molecular formula is C13H16BrIN4. The van der Waals surface area contributed by atoms with E-state index in [1.165, 1.54) is 3.57 Å². The summed E-state index contributed by atoms with van der Waals surface area (Å²) in [6.07, 6.45) is 3.33. The van der Waals surface area contributed by atoms with Crippen LogP contribution in [0.4, 0.5) is 0 Å². The number of nitrogens with two attached hydrogens (primary N) is 1. The fourth-order valence-corrected chi connectivity index (χ4v) is 3.01. The van der Waals surface area contributed by atoms with Crippen molar-refractivity contribution >= 4 is 38.5 Å². The Kier molecular flexibility index (Phi) is 5.35. The van der Waals surface area contributed by atoms with Gasteiger partial charge in [0, 0.05) is 27.1 Å². The molecule has 0 aliphatic heterocycles. The van der Waals surface area contributed by atoms with E-state index in [1.54, 1.807) is 6.33 Å². The molecule has 0 spiro atoms. The average Bonchev–Trinajstić information content (AvgIpc) is 2.80. The fraction of sp³-hybridized carbons (Fsp3) is 0.385. The van der Waals surface area contributed by atoms with Crippen molar-refractivity contribution in [2.45, 2.75) is 32.4 Å². The number of nitrogens with zero attached hydrogens (tertiary/aromatic N) is 3. The standard InChI is InChI=1S/C13H16BrIN4/c1-2-5-19-13(17-8-18-19)7-12(16)10-6-9(15)3-4-11(10)14/h3-4,6,8,12H,2,5,7,16H2,1H3. The largest absolute Gasteiger partial charge is 0.324 e. The van der Waals surface area contributed by atoms with Crippen molar-refractivity contribution in [2.24, 2.45) is 5.73 Å². The Morgan fingerprint density at radius 1 is 1.47 bits per heavy atom. The first-order valence-electron chi connectivity index (χ1n) is 6.19. The minimum Gasteiger partial charge on any atom is -0.324 e. The Hall–Kier alpha value is -0.470. The van der Waals surface area contributed by atoms with Gasteiger partial charge in [0.25, 0.3) is 0 Å². The zero-order chi connectivity index (χ0) is 13.8. The summed E-state index contributed by atoms with van der Waals surface area (Å²) in [6, 6.07) is 6.12. The predicted octanol–water partition coefficient (Wildman–Crippen LogP) is 3.30. The van der Waals surface area contributed by atoms with Crippen LogP contribution in [0.15, 0.2) is 29.0 Å². The normalized spacial score (nSPS) is 12.6. The van der Waals surface area contributed by atoms with Gasteiger partial charge >= 0.3 is 0 Å². The molecule has 0 saturated heterocycles. The van der Waals surface area contributed by atoms with Crippen molar-refractivity contribution in [1.29, 1.82) is 0 Å². The van der Waals surface area contributed by atoms with Crippen LogP contribution >= 0.6 is 38.5 Å². The third-order valence-corrected chi connectivity index (χ3v) is 4.28. The monoisotopic (exact) mass is 434 g/mol. The van der Waals surface area contributed by atoms with Gasteiger partial charge < -0.3 is 5.73 Å². The van der Waals surface area contributed by atoms with Gasteiger partial charge in [-0.25, -0.2) is 4.98 Å². The number of aryl methyl sites for hydroxylation is 1. The van der Waals surface area contributed by atoms with Crippen molar-refractivity contribution in [2.75, 3.05) is 0 Å². The van der Waals surface area contributed by atoms with Crippen LogP contribution in [0.2, 0.25) is 0 Å². The van der Waals surface area contributed by atoms with Gasteiger partial charge in [-0.1, -0.05) is 22.9 Å². The highest BCUT2D eigenvalue weighted by atomic mass is 127. The second-order valence-electron chi connectivity index (χ2n) is 4.38. The number of hydrogen-bond acceptors (Lipinski definition) is 3. The Morgan fingerprint density at radius 2 is 2.26 bits per heavy atom. The Bertz CT molecular complexity index is 555. The molecular weight excluding hydrogens is 419 g/mol. The minimum absolute atomic E-state index is 0.0797. The second-order valence-corrected chi connectivity index (χ2v) is 6.48. The molecule has 1 heterocycles. The van der Waals surface area contributed by atoms with E-state index in [4.69, 9.17) is 5.73 Å². The highest BCUT2D eigenvalue weighted by molar-refractivity contribution is 14.1. The first-order chi connectivity index (χ1) is 9.11. The fourth-order valence-electron chi connectivity index (χ4n) is 1.95. The van der Waals surface area contributed by atoms with E-state index >= 15 is 0 Å². The lowest BCUT2D eigenvalue weighted by Crippen LogP contribution is -2.17. The molecule has 1 aromatic heterocycles. The molecule has 0 aliphatic carbocycles. The molecule has 2 aromatic rings. The third-order valence-electron chi connectivity index (χ3n) is 2.89. The topological polar surface area (TPSA) is 56.7 Å². The van der Waals surface area contributed by atoms with Gasteiger partial charge in [0.15, 0.2) is 0 Å². The molecule has 0 fully saturated rings. The molecule has 4 nitrogen and oxygen atoms in total. The summed E-state index contributed by atoms with van der Waals surface area (Å²) in [5.74, 6) is 0.945. The molecule has 1 aromatic carbocycles. The molecule has 102 valence electrons. The van der Waals surface area contributed by atoms with Gasteiger partial charge in [-0.3, -0.25) is 4.68 Å². The quantitative estimate of drug-likeness (QED) is 0.734. The summed E-state index contributed by atoms with van der Waals surface area (Å²) in [6.45, 7) is 3.01. The third kappa shape index (κ3) is 3.76. The van der Waals surface area contributed by atoms with E-state index < -0.39 is 0 Å². The maximum atomic E-state index is 6.31. The van der Waals surface area contributed by atoms with E-state index in [1.807, 2.05) is 10.7 Å². The molecule has 2 rings (SSSR count). The smallest absolute Gasteiger partial charge is 0.138 e. The van der Waals surface area contributed by atoms with Crippen LogP contribution in [0.3, 0.4) is 0 Å². The molecule has 0 aliphatic rings. The molecule has 0 radical (unpaired) electrons. The SMILES string of the molecule is CCCn1ncnc1CC(N)c1cc(I)ccc1Br. The lowest BCUT2D eigenvalue weighted by molar-refractivity contribution is 0.547. The minimum atomic E-state index is -0.0797. The molecule has 0 saturated carbocycles. The van der Waals surface area contributed by atoms with E-state index in [0.717, 1.165) is 28.8 Å². The van der Waals surface area contributed by atoms with E-state index in [9.17, 15) is 0 Å². The van der Waals surface area contributed by atoms with Gasteiger partial charge in [-0.2, -0.15) is 5.10 Å². The summed E-state index contributed by atoms with van der Waals surface area (Å²) in [4.78, 5) is 4.31. The van der Waals surface area contributed by atoms with Gasteiger partial charge in [0.05, 0.1) is 0 Å². The van der Waals surface area contributed by atoms with Crippen LogP contribution in [-0.4, -0.2) is 14.8 Å². The maximum Gasteiger partial charge on any atom is 0.138 e.